The molecule has 2 aromatic rings. The van der Waals surface area contributed by atoms with Crippen molar-refractivity contribution in [3.8, 4) is 0 Å². The number of carbonyl (C=O) groups is 3. The van der Waals surface area contributed by atoms with Crippen LogP contribution in [0.4, 0.5) is 5.69 Å². The number of aromatic carboxylic acids is 1. The number of Topliss-reactive ketones (excluding diaryl/α,β-unsaturated/α-hetero) is 1. The molecule has 8 heteroatoms. The fourth-order valence-corrected chi connectivity index (χ4v) is 3.97. The Balaban J connectivity index is 1.81. The van der Waals surface area contributed by atoms with E-state index in [4.69, 9.17) is 11.1 Å². The van der Waals surface area contributed by atoms with Gasteiger partial charge in [0, 0.05) is 30.8 Å². The molecule has 1 aliphatic rings. The first-order chi connectivity index (χ1) is 15.7. The number of rotatable bonds is 7. The van der Waals surface area contributed by atoms with Crippen LogP contribution in [0.15, 0.2) is 42.5 Å². The molecule has 33 heavy (non-hydrogen) atoms. The van der Waals surface area contributed by atoms with Crippen LogP contribution in [-0.2, 0) is 11.2 Å². The Morgan fingerprint density at radius 3 is 2.42 bits per heavy atom. The van der Waals surface area contributed by atoms with Crippen LogP contribution in [0.25, 0.3) is 0 Å². The molecule has 0 aromatic heterocycles. The van der Waals surface area contributed by atoms with Crippen LogP contribution < -0.4 is 11.1 Å². The van der Waals surface area contributed by atoms with E-state index >= 15 is 0 Å². The van der Waals surface area contributed by atoms with E-state index in [-0.39, 0.29) is 35.6 Å². The number of carbonyl (C=O) groups excluding carboxylic acids is 2. The highest BCUT2D eigenvalue weighted by Crippen LogP contribution is 2.24. The predicted molar refractivity (Wildman–Crippen MR) is 127 cm³/mol. The number of amides is 1. The molecule has 1 aliphatic heterocycles. The average Bonchev–Trinajstić information content (AvgIpc) is 2.80. The highest BCUT2D eigenvalue weighted by atomic mass is 16.4. The van der Waals surface area contributed by atoms with Crippen molar-refractivity contribution in [1.82, 2.24) is 4.90 Å². The molecular formula is C25H30N4O4. The van der Waals surface area contributed by atoms with Gasteiger partial charge in [-0.2, -0.15) is 0 Å². The first-order valence-corrected chi connectivity index (χ1v) is 11.0. The zero-order chi connectivity index (χ0) is 24.1. The van der Waals surface area contributed by atoms with Crippen molar-refractivity contribution in [2.45, 2.75) is 39.0 Å². The lowest BCUT2D eigenvalue weighted by Crippen LogP contribution is -2.46. The third-order valence-corrected chi connectivity index (χ3v) is 5.99. The zero-order valence-electron chi connectivity index (χ0n) is 18.9. The van der Waals surface area contributed by atoms with Gasteiger partial charge in [-0.3, -0.25) is 15.0 Å². The molecular weight excluding hydrogens is 420 g/mol. The van der Waals surface area contributed by atoms with Crippen LogP contribution in [0.5, 0.6) is 0 Å². The van der Waals surface area contributed by atoms with Gasteiger partial charge < -0.3 is 21.1 Å². The summed E-state index contributed by atoms with van der Waals surface area (Å²) in [6.45, 7) is 5.14. The summed E-state index contributed by atoms with van der Waals surface area (Å²) in [4.78, 5) is 39.0. The molecule has 1 unspecified atom stereocenters. The van der Waals surface area contributed by atoms with Gasteiger partial charge in [-0.1, -0.05) is 38.1 Å². The van der Waals surface area contributed by atoms with Crippen molar-refractivity contribution in [2.75, 3.05) is 18.4 Å². The number of ketones is 1. The van der Waals surface area contributed by atoms with Crippen LogP contribution in [0.3, 0.4) is 0 Å². The van der Waals surface area contributed by atoms with Crippen molar-refractivity contribution >= 4 is 29.3 Å². The Kier molecular flexibility index (Phi) is 7.48. The van der Waals surface area contributed by atoms with Crippen molar-refractivity contribution in [1.29, 1.82) is 5.41 Å². The molecule has 1 saturated heterocycles. The Morgan fingerprint density at radius 2 is 1.82 bits per heavy atom. The molecule has 0 saturated carbocycles. The fourth-order valence-electron chi connectivity index (χ4n) is 3.97. The summed E-state index contributed by atoms with van der Waals surface area (Å²) in [7, 11) is 0. The number of nitrogens with two attached hydrogens (primary N) is 1. The van der Waals surface area contributed by atoms with Gasteiger partial charge in [-0.15, -0.1) is 0 Å². The molecule has 0 radical (unpaired) electrons. The molecule has 3 rings (SSSR count). The number of likely N-dealkylation sites (tertiary alicyclic amines) is 1. The number of guanidine groups is 1. The van der Waals surface area contributed by atoms with Crippen molar-refractivity contribution in [3.63, 3.8) is 0 Å². The van der Waals surface area contributed by atoms with E-state index in [0.717, 1.165) is 12.0 Å². The largest absolute Gasteiger partial charge is 0.478 e. The van der Waals surface area contributed by atoms with Crippen molar-refractivity contribution in [3.05, 3.63) is 64.7 Å². The molecule has 174 valence electrons. The highest BCUT2D eigenvalue weighted by Gasteiger charge is 2.27. The fraction of sp³-hybridized carbons (Fsp3) is 0.360. The maximum atomic E-state index is 12.9. The van der Waals surface area contributed by atoms with Gasteiger partial charge in [-0.05, 0) is 48.1 Å². The Hall–Kier alpha value is -3.68. The van der Waals surface area contributed by atoms with Gasteiger partial charge in [0.15, 0.2) is 11.7 Å². The van der Waals surface area contributed by atoms with E-state index in [9.17, 15) is 19.5 Å². The Morgan fingerprint density at radius 1 is 1.15 bits per heavy atom. The Labute approximate surface area is 193 Å². The molecule has 1 heterocycles. The van der Waals surface area contributed by atoms with E-state index in [0.29, 0.717) is 42.2 Å². The standard InChI is InChI=1S/C25H30N4O4/c1-15(2)16-5-7-17(8-6-16)22(30)13-20-12-18(24(32)33)9-10-21(20)28-23(31)19-4-3-11-29(14-19)25(26)27/h5-10,12,15,19H,3-4,11,13-14H2,1-2H3,(H3,26,27)(H,28,31)(H,32,33). The topological polar surface area (TPSA) is 137 Å². The van der Waals surface area contributed by atoms with Crippen LogP contribution >= 0.6 is 0 Å². The molecule has 5 N–H and O–H groups in total. The van der Waals surface area contributed by atoms with E-state index in [1.807, 2.05) is 12.1 Å². The van der Waals surface area contributed by atoms with Gasteiger partial charge in [0.1, 0.15) is 0 Å². The summed E-state index contributed by atoms with van der Waals surface area (Å²) in [5, 5.41) is 19.9. The van der Waals surface area contributed by atoms with Crippen molar-refractivity contribution in [2.24, 2.45) is 11.7 Å². The monoisotopic (exact) mass is 450 g/mol. The molecule has 1 atom stereocenters. The third kappa shape index (κ3) is 5.97. The quantitative estimate of drug-likeness (QED) is 0.290. The average molecular weight is 451 g/mol. The molecule has 1 fully saturated rings. The first-order valence-electron chi connectivity index (χ1n) is 11.0. The van der Waals surface area contributed by atoms with E-state index in [1.165, 1.54) is 18.2 Å². The van der Waals surface area contributed by atoms with Crippen molar-refractivity contribution < 1.29 is 19.5 Å². The number of hydrogen-bond donors (Lipinski definition) is 4. The minimum atomic E-state index is -1.10. The molecule has 0 aliphatic carbocycles. The predicted octanol–water partition coefficient (Wildman–Crippen LogP) is 3.48. The van der Waals surface area contributed by atoms with E-state index in [2.05, 4.69) is 19.2 Å². The zero-order valence-corrected chi connectivity index (χ0v) is 18.9. The van der Waals surface area contributed by atoms with E-state index in [1.54, 1.807) is 17.0 Å². The maximum absolute atomic E-state index is 12.9. The summed E-state index contributed by atoms with van der Waals surface area (Å²) >= 11 is 0. The second-order valence-corrected chi connectivity index (χ2v) is 8.71. The smallest absolute Gasteiger partial charge is 0.335 e. The molecule has 1 amide bonds. The third-order valence-electron chi connectivity index (χ3n) is 5.99. The summed E-state index contributed by atoms with van der Waals surface area (Å²) < 4.78 is 0. The summed E-state index contributed by atoms with van der Waals surface area (Å²) in [6.07, 6.45) is 1.37. The normalized spacial score (nSPS) is 15.8. The minimum absolute atomic E-state index is 0.0397. The van der Waals surface area contributed by atoms with Crippen LogP contribution in [-0.4, -0.2) is 46.7 Å². The van der Waals surface area contributed by atoms with E-state index < -0.39 is 5.97 Å². The number of nitrogens with one attached hydrogen (secondary N) is 2. The highest BCUT2D eigenvalue weighted by molar-refractivity contribution is 6.00. The lowest BCUT2D eigenvalue weighted by molar-refractivity contribution is -0.121. The van der Waals surface area contributed by atoms with Crippen LogP contribution in [0, 0.1) is 11.3 Å². The first kappa shape index (κ1) is 24.0. The number of piperidine rings is 1. The van der Waals surface area contributed by atoms with Gasteiger partial charge >= 0.3 is 5.97 Å². The Bertz CT molecular complexity index is 1060. The maximum Gasteiger partial charge on any atom is 0.335 e. The van der Waals surface area contributed by atoms with Gasteiger partial charge in [0.25, 0.3) is 0 Å². The number of carboxylic acids is 1. The minimum Gasteiger partial charge on any atom is -0.478 e. The van der Waals surface area contributed by atoms with Crippen LogP contribution in [0.2, 0.25) is 0 Å². The van der Waals surface area contributed by atoms with Gasteiger partial charge in [0.2, 0.25) is 5.91 Å². The molecule has 0 spiro atoms. The number of anilines is 1. The second-order valence-electron chi connectivity index (χ2n) is 8.71. The van der Waals surface area contributed by atoms with Crippen LogP contribution in [0.1, 0.15) is 64.4 Å². The number of carboxylic acid groups (broad SMARTS) is 1. The van der Waals surface area contributed by atoms with Gasteiger partial charge in [-0.25, -0.2) is 4.79 Å². The molecule has 8 nitrogen and oxygen atoms in total. The number of benzene rings is 2. The molecule has 0 bridgehead atoms. The lowest BCUT2D eigenvalue weighted by Gasteiger charge is -2.32. The summed E-state index contributed by atoms with van der Waals surface area (Å²) in [5.74, 6) is -1.57. The molecule has 2 aromatic carbocycles. The second kappa shape index (κ2) is 10.3. The summed E-state index contributed by atoms with van der Waals surface area (Å²) in [5.41, 5.74) is 8.13. The summed E-state index contributed by atoms with van der Waals surface area (Å²) in [6, 6.07) is 11.7. The lowest BCUT2D eigenvalue weighted by atomic mass is 9.95. The number of hydrogen-bond acceptors (Lipinski definition) is 4. The SMILES string of the molecule is CC(C)c1ccc(C(=O)Cc2cc(C(=O)O)ccc2NC(=O)C2CCCN(C(=N)N)C2)cc1. The van der Waals surface area contributed by atoms with Gasteiger partial charge in [0.05, 0.1) is 11.5 Å². The number of nitrogens with zero attached hydrogens (tertiary/aromatic N) is 1.